The molecule has 140 valence electrons. The van der Waals surface area contributed by atoms with Gasteiger partial charge in [0, 0.05) is 11.0 Å². The fourth-order valence-corrected chi connectivity index (χ4v) is 3.33. The first kappa shape index (κ1) is 19.3. The summed E-state index contributed by atoms with van der Waals surface area (Å²) in [4.78, 5) is 20.6. The highest BCUT2D eigenvalue weighted by Crippen LogP contribution is 2.22. The molecule has 27 heavy (non-hydrogen) atoms. The molecular formula is C20H21BrN4O2. The van der Waals surface area contributed by atoms with Gasteiger partial charge in [0.2, 0.25) is 5.95 Å². The Morgan fingerprint density at radius 3 is 2.67 bits per heavy atom. The molecule has 0 aliphatic carbocycles. The van der Waals surface area contributed by atoms with E-state index in [-0.39, 0.29) is 5.69 Å². The lowest BCUT2D eigenvalue weighted by atomic mass is 10.2. The summed E-state index contributed by atoms with van der Waals surface area (Å²) >= 11 is 3.47. The highest BCUT2D eigenvalue weighted by molar-refractivity contribution is 9.10. The maximum atomic E-state index is 12.4. The highest BCUT2D eigenvalue weighted by atomic mass is 79.9. The van der Waals surface area contributed by atoms with Crippen LogP contribution in [0.2, 0.25) is 0 Å². The Bertz CT molecular complexity index is 924. The van der Waals surface area contributed by atoms with Gasteiger partial charge in [0.25, 0.3) is 0 Å². The Hall–Kier alpha value is -2.51. The summed E-state index contributed by atoms with van der Waals surface area (Å²) in [5, 5.41) is 3.02. The number of nitrogens with one attached hydrogen (secondary N) is 1. The van der Waals surface area contributed by atoms with Gasteiger partial charge in [0.15, 0.2) is 0 Å². The molecule has 0 bridgehead atoms. The zero-order valence-electron chi connectivity index (χ0n) is 15.1. The molecule has 7 heteroatoms. The number of anilines is 1. The van der Waals surface area contributed by atoms with Crippen LogP contribution in [0, 0.1) is 6.92 Å². The van der Waals surface area contributed by atoms with E-state index in [0.717, 1.165) is 22.1 Å². The van der Waals surface area contributed by atoms with Crippen LogP contribution in [0.4, 0.5) is 5.95 Å². The third-order valence-corrected chi connectivity index (χ3v) is 4.68. The minimum atomic E-state index is -0.382. The topological polar surface area (TPSA) is 69.0 Å². The average Bonchev–Trinajstić information content (AvgIpc) is 2.67. The van der Waals surface area contributed by atoms with Crippen LogP contribution in [0.25, 0.3) is 5.69 Å². The minimum Gasteiger partial charge on any atom is -0.379 e. The van der Waals surface area contributed by atoms with Crippen molar-refractivity contribution < 1.29 is 4.74 Å². The molecule has 0 saturated heterocycles. The molecule has 3 rings (SSSR count). The van der Waals surface area contributed by atoms with E-state index in [4.69, 9.17) is 4.74 Å². The number of rotatable bonds is 8. The number of benzene rings is 2. The Balaban J connectivity index is 1.50. The van der Waals surface area contributed by atoms with Crippen LogP contribution in [0.1, 0.15) is 11.1 Å². The first-order valence-electron chi connectivity index (χ1n) is 8.72. The van der Waals surface area contributed by atoms with Crippen molar-refractivity contribution in [2.75, 3.05) is 25.1 Å². The van der Waals surface area contributed by atoms with Gasteiger partial charge in [-0.3, -0.25) is 0 Å². The first-order valence-corrected chi connectivity index (χ1v) is 9.51. The van der Waals surface area contributed by atoms with E-state index in [2.05, 4.69) is 43.3 Å². The Morgan fingerprint density at radius 2 is 1.93 bits per heavy atom. The fraction of sp³-hybridized carbons (Fsp3) is 0.250. The molecule has 0 spiro atoms. The normalized spacial score (nSPS) is 10.7. The summed E-state index contributed by atoms with van der Waals surface area (Å²) in [5.74, 6) is 0.299. The Labute approximate surface area is 166 Å². The van der Waals surface area contributed by atoms with Crippen molar-refractivity contribution in [3.05, 3.63) is 80.9 Å². The molecule has 1 heterocycles. The van der Waals surface area contributed by atoms with Crippen LogP contribution in [0.5, 0.6) is 0 Å². The lowest BCUT2D eigenvalue weighted by Crippen LogP contribution is -2.25. The van der Waals surface area contributed by atoms with Gasteiger partial charge >= 0.3 is 5.69 Å². The molecule has 2 aromatic carbocycles. The van der Waals surface area contributed by atoms with E-state index in [1.807, 2.05) is 43.3 Å². The van der Waals surface area contributed by atoms with E-state index >= 15 is 0 Å². The van der Waals surface area contributed by atoms with E-state index < -0.39 is 0 Å². The molecule has 0 saturated carbocycles. The van der Waals surface area contributed by atoms with Crippen LogP contribution in [0.15, 0.2) is 64.1 Å². The summed E-state index contributed by atoms with van der Waals surface area (Å²) in [6, 6.07) is 15.9. The van der Waals surface area contributed by atoms with Crippen LogP contribution in [0.3, 0.4) is 0 Å². The molecule has 0 amide bonds. The second kappa shape index (κ2) is 9.43. The van der Waals surface area contributed by atoms with Crippen molar-refractivity contribution in [1.29, 1.82) is 0 Å². The lowest BCUT2D eigenvalue weighted by Gasteiger charge is -2.11. The molecule has 3 aromatic rings. The third-order valence-electron chi connectivity index (χ3n) is 4.04. The summed E-state index contributed by atoms with van der Waals surface area (Å²) in [6.07, 6.45) is 2.36. The maximum absolute atomic E-state index is 12.4. The fourth-order valence-electron chi connectivity index (χ4n) is 2.67. The molecule has 0 aliphatic heterocycles. The van der Waals surface area contributed by atoms with Gasteiger partial charge < -0.3 is 10.1 Å². The highest BCUT2D eigenvalue weighted by Gasteiger charge is 2.09. The van der Waals surface area contributed by atoms with Crippen molar-refractivity contribution in [3.63, 3.8) is 0 Å². The van der Waals surface area contributed by atoms with Crippen molar-refractivity contribution in [2.45, 2.75) is 13.3 Å². The minimum absolute atomic E-state index is 0.299. The number of aromatic nitrogens is 3. The number of aryl methyl sites for hydroxylation is 1. The quantitative estimate of drug-likeness (QED) is 0.557. The second-order valence-corrected chi connectivity index (χ2v) is 6.87. The van der Waals surface area contributed by atoms with Crippen LogP contribution >= 0.6 is 15.9 Å². The van der Waals surface area contributed by atoms with E-state index in [1.165, 1.54) is 16.5 Å². The van der Waals surface area contributed by atoms with Gasteiger partial charge in [-0.2, -0.15) is 4.98 Å². The van der Waals surface area contributed by atoms with Gasteiger partial charge in [-0.1, -0.05) is 42.5 Å². The van der Waals surface area contributed by atoms with Gasteiger partial charge in [-0.05, 0) is 46.5 Å². The van der Waals surface area contributed by atoms with Crippen LogP contribution in [-0.4, -0.2) is 34.3 Å². The average molecular weight is 429 g/mol. The molecule has 1 aromatic heterocycles. The van der Waals surface area contributed by atoms with E-state index in [1.54, 1.807) is 0 Å². The largest absolute Gasteiger partial charge is 0.379 e. The number of halogens is 1. The summed E-state index contributed by atoms with van der Waals surface area (Å²) in [5.41, 5.74) is 2.58. The molecule has 1 N–H and O–H groups in total. The molecule has 0 radical (unpaired) electrons. The van der Waals surface area contributed by atoms with Crippen molar-refractivity contribution in [2.24, 2.45) is 0 Å². The van der Waals surface area contributed by atoms with Gasteiger partial charge in [0.1, 0.15) is 6.33 Å². The van der Waals surface area contributed by atoms with E-state index in [9.17, 15) is 4.79 Å². The number of hydrogen-bond acceptors (Lipinski definition) is 5. The zero-order valence-corrected chi connectivity index (χ0v) is 16.6. The molecular weight excluding hydrogens is 408 g/mol. The number of ether oxygens (including phenoxy) is 1. The van der Waals surface area contributed by atoms with Crippen LogP contribution in [-0.2, 0) is 11.2 Å². The number of hydrogen-bond donors (Lipinski definition) is 1. The van der Waals surface area contributed by atoms with Crippen molar-refractivity contribution in [3.8, 4) is 5.69 Å². The first-order chi connectivity index (χ1) is 13.1. The second-order valence-electron chi connectivity index (χ2n) is 6.01. The monoisotopic (exact) mass is 428 g/mol. The molecule has 0 unspecified atom stereocenters. The summed E-state index contributed by atoms with van der Waals surface area (Å²) in [7, 11) is 0. The van der Waals surface area contributed by atoms with Gasteiger partial charge in [0.05, 0.1) is 18.9 Å². The number of para-hydroxylation sites is 1. The Morgan fingerprint density at radius 1 is 1.11 bits per heavy atom. The molecule has 0 atom stereocenters. The Kier molecular flexibility index (Phi) is 6.73. The third kappa shape index (κ3) is 5.24. The smallest absolute Gasteiger partial charge is 0.356 e. The SMILES string of the molecule is Cc1cccc(Br)c1-n1cnc(NCCOCCc2ccccc2)nc1=O. The van der Waals surface area contributed by atoms with E-state index in [0.29, 0.717) is 25.7 Å². The zero-order chi connectivity index (χ0) is 19.1. The maximum Gasteiger partial charge on any atom is 0.356 e. The van der Waals surface area contributed by atoms with Crippen LogP contribution < -0.4 is 11.0 Å². The number of nitrogens with zero attached hydrogens (tertiary/aromatic N) is 3. The van der Waals surface area contributed by atoms with Gasteiger partial charge in [-0.15, -0.1) is 0 Å². The van der Waals surface area contributed by atoms with Crippen molar-refractivity contribution in [1.82, 2.24) is 14.5 Å². The molecule has 0 aliphatic rings. The summed E-state index contributed by atoms with van der Waals surface area (Å²) < 4.78 is 7.86. The summed E-state index contributed by atoms with van der Waals surface area (Å²) in [6.45, 7) is 3.63. The standard InChI is InChI=1S/C20H21BrN4O2/c1-15-6-5-9-17(21)18(15)25-14-23-19(24-20(25)26)22-11-13-27-12-10-16-7-3-2-4-8-16/h2-9,14H,10-13H2,1H3,(H,22,24,26). The predicted octanol–water partition coefficient (Wildman–Crippen LogP) is 3.37. The lowest BCUT2D eigenvalue weighted by molar-refractivity contribution is 0.147. The predicted molar refractivity (Wildman–Crippen MR) is 110 cm³/mol. The van der Waals surface area contributed by atoms with Gasteiger partial charge in [-0.25, -0.2) is 14.3 Å². The molecule has 0 fully saturated rings. The van der Waals surface area contributed by atoms with Crippen molar-refractivity contribution >= 4 is 21.9 Å². The molecule has 6 nitrogen and oxygen atoms in total.